The van der Waals surface area contributed by atoms with Crippen LogP contribution in [-0.2, 0) is 17.6 Å². The van der Waals surface area contributed by atoms with E-state index in [1.54, 1.807) is 18.2 Å². The van der Waals surface area contributed by atoms with E-state index in [4.69, 9.17) is 23.2 Å². The topological polar surface area (TPSA) is 41.5 Å². The molecule has 114 valence electrons. The smallest absolute Gasteiger partial charge is 0.244 e. The predicted molar refractivity (Wildman–Crippen MR) is 91.7 cm³/mol. The highest BCUT2D eigenvalue weighted by Crippen LogP contribution is 2.19. The van der Waals surface area contributed by atoms with Gasteiger partial charge in [-0.2, -0.15) is 5.10 Å². The summed E-state index contributed by atoms with van der Waals surface area (Å²) in [6, 6.07) is 13.0. The number of carbonyl (C=O) groups excluding carboxylic acids is 1. The lowest BCUT2D eigenvalue weighted by atomic mass is 10.1. The second-order valence-corrected chi connectivity index (χ2v) is 5.65. The molecule has 0 spiro atoms. The van der Waals surface area contributed by atoms with Gasteiger partial charge in [-0.3, -0.25) is 4.79 Å². The zero-order valence-electron chi connectivity index (χ0n) is 12.1. The number of carbonyl (C=O) groups is 1. The average Bonchev–Trinajstić information content (AvgIpc) is 2.50. The Labute approximate surface area is 139 Å². The Morgan fingerprint density at radius 2 is 1.82 bits per heavy atom. The van der Waals surface area contributed by atoms with E-state index in [0.29, 0.717) is 15.6 Å². The molecule has 3 nitrogen and oxygen atoms in total. The Balaban J connectivity index is 1.90. The number of amides is 1. The number of nitrogens with one attached hydrogen (secondary N) is 1. The van der Waals surface area contributed by atoms with Crippen molar-refractivity contribution in [1.82, 2.24) is 5.43 Å². The first-order valence-electron chi connectivity index (χ1n) is 6.93. The van der Waals surface area contributed by atoms with E-state index < -0.39 is 0 Å². The molecule has 1 amide bonds. The molecule has 0 aliphatic rings. The number of halogens is 2. The van der Waals surface area contributed by atoms with Crippen molar-refractivity contribution in [2.45, 2.75) is 19.8 Å². The summed E-state index contributed by atoms with van der Waals surface area (Å²) >= 11 is 11.8. The Morgan fingerprint density at radius 1 is 1.14 bits per heavy atom. The molecule has 2 aromatic rings. The lowest BCUT2D eigenvalue weighted by Gasteiger charge is -2.02. The molecule has 0 heterocycles. The SMILES string of the molecule is CCc1ccc(CC(=O)N/N=C/c2ccc(Cl)cc2Cl)cc1. The maximum atomic E-state index is 11.8. The Morgan fingerprint density at radius 3 is 2.45 bits per heavy atom. The van der Waals surface area contributed by atoms with Gasteiger partial charge >= 0.3 is 0 Å². The third-order valence-corrected chi connectivity index (χ3v) is 3.71. The molecule has 0 radical (unpaired) electrons. The maximum absolute atomic E-state index is 11.8. The van der Waals surface area contributed by atoms with E-state index in [-0.39, 0.29) is 12.3 Å². The van der Waals surface area contributed by atoms with Crippen LogP contribution in [0.1, 0.15) is 23.6 Å². The maximum Gasteiger partial charge on any atom is 0.244 e. The van der Waals surface area contributed by atoms with Gasteiger partial charge in [-0.1, -0.05) is 60.5 Å². The van der Waals surface area contributed by atoms with Crippen LogP contribution in [-0.4, -0.2) is 12.1 Å². The first kappa shape index (κ1) is 16.5. The van der Waals surface area contributed by atoms with Gasteiger partial charge < -0.3 is 0 Å². The van der Waals surface area contributed by atoms with Crippen molar-refractivity contribution in [3.8, 4) is 0 Å². The highest BCUT2D eigenvalue weighted by Gasteiger charge is 2.02. The van der Waals surface area contributed by atoms with Gasteiger partial charge in [-0.05, 0) is 29.7 Å². The molecule has 0 saturated heterocycles. The van der Waals surface area contributed by atoms with Gasteiger partial charge in [0.15, 0.2) is 0 Å². The van der Waals surface area contributed by atoms with Crippen LogP contribution < -0.4 is 5.43 Å². The van der Waals surface area contributed by atoms with Crippen molar-refractivity contribution in [3.05, 3.63) is 69.2 Å². The van der Waals surface area contributed by atoms with Crippen molar-refractivity contribution in [3.63, 3.8) is 0 Å². The molecule has 0 aliphatic carbocycles. The van der Waals surface area contributed by atoms with Crippen LogP contribution in [0.3, 0.4) is 0 Å². The zero-order chi connectivity index (χ0) is 15.9. The molecule has 0 bridgehead atoms. The zero-order valence-corrected chi connectivity index (χ0v) is 13.7. The summed E-state index contributed by atoms with van der Waals surface area (Å²) in [7, 11) is 0. The van der Waals surface area contributed by atoms with Crippen molar-refractivity contribution in [2.75, 3.05) is 0 Å². The molecule has 0 aliphatic heterocycles. The van der Waals surface area contributed by atoms with Crippen molar-refractivity contribution >= 4 is 35.3 Å². The molecule has 0 saturated carbocycles. The van der Waals surface area contributed by atoms with Crippen LogP contribution in [0.25, 0.3) is 0 Å². The van der Waals surface area contributed by atoms with Crippen LogP contribution >= 0.6 is 23.2 Å². The number of hydrazone groups is 1. The number of aryl methyl sites for hydroxylation is 1. The predicted octanol–water partition coefficient (Wildman–Crippen LogP) is 4.25. The van der Waals surface area contributed by atoms with E-state index >= 15 is 0 Å². The molecule has 0 fully saturated rings. The fourth-order valence-electron chi connectivity index (χ4n) is 1.90. The summed E-state index contributed by atoms with van der Waals surface area (Å²) in [6.07, 6.45) is 2.77. The second-order valence-electron chi connectivity index (χ2n) is 4.81. The van der Waals surface area contributed by atoms with Gasteiger partial charge in [-0.15, -0.1) is 0 Å². The van der Waals surface area contributed by atoms with Gasteiger partial charge in [-0.25, -0.2) is 5.43 Å². The number of rotatable bonds is 5. The summed E-state index contributed by atoms with van der Waals surface area (Å²) in [5.41, 5.74) is 5.38. The molecule has 2 aromatic carbocycles. The quantitative estimate of drug-likeness (QED) is 0.644. The molecule has 22 heavy (non-hydrogen) atoms. The van der Waals surface area contributed by atoms with Gasteiger partial charge in [0.2, 0.25) is 5.91 Å². The summed E-state index contributed by atoms with van der Waals surface area (Å²) in [5, 5.41) is 4.95. The average molecular weight is 335 g/mol. The van der Waals surface area contributed by atoms with E-state index in [1.165, 1.54) is 11.8 Å². The van der Waals surface area contributed by atoms with Crippen molar-refractivity contribution < 1.29 is 4.79 Å². The molecule has 0 aromatic heterocycles. The highest BCUT2D eigenvalue weighted by molar-refractivity contribution is 6.36. The summed E-state index contributed by atoms with van der Waals surface area (Å²) in [6.45, 7) is 2.10. The Hall–Kier alpha value is -1.84. The van der Waals surface area contributed by atoms with Crippen molar-refractivity contribution in [1.29, 1.82) is 0 Å². The van der Waals surface area contributed by atoms with E-state index in [1.807, 2.05) is 24.3 Å². The summed E-state index contributed by atoms with van der Waals surface area (Å²) in [4.78, 5) is 11.8. The first-order valence-corrected chi connectivity index (χ1v) is 7.69. The van der Waals surface area contributed by atoms with Gasteiger partial charge in [0, 0.05) is 10.6 Å². The number of hydrogen-bond acceptors (Lipinski definition) is 2. The second kappa shape index (κ2) is 7.97. The van der Waals surface area contributed by atoms with E-state index in [2.05, 4.69) is 17.5 Å². The molecule has 2 rings (SSSR count). The van der Waals surface area contributed by atoms with Crippen LogP contribution in [0.2, 0.25) is 10.0 Å². The highest BCUT2D eigenvalue weighted by atomic mass is 35.5. The fourth-order valence-corrected chi connectivity index (χ4v) is 2.36. The number of nitrogens with zero attached hydrogens (tertiary/aromatic N) is 1. The summed E-state index contributed by atoms with van der Waals surface area (Å²) < 4.78 is 0. The molecule has 1 N–H and O–H groups in total. The van der Waals surface area contributed by atoms with E-state index in [0.717, 1.165) is 12.0 Å². The number of benzene rings is 2. The van der Waals surface area contributed by atoms with Gasteiger partial charge in [0.25, 0.3) is 0 Å². The van der Waals surface area contributed by atoms with Crippen LogP contribution in [0.15, 0.2) is 47.6 Å². The minimum Gasteiger partial charge on any atom is -0.273 e. The standard InChI is InChI=1S/C17H16Cl2N2O/c1-2-12-3-5-13(6-4-12)9-17(22)21-20-11-14-7-8-15(18)10-16(14)19/h3-8,10-11H,2,9H2,1H3,(H,21,22)/b20-11+. The molecule has 0 atom stereocenters. The Bertz CT molecular complexity index is 682. The van der Waals surface area contributed by atoms with Crippen LogP contribution in [0.4, 0.5) is 0 Å². The number of hydrogen-bond donors (Lipinski definition) is 1. The minimum atomic E-state index is -0.175. The first-order chi connectivity index (χ1) is 10.6. The van der Waals surface area contributed by atoms with Gasteiger partial charge in [0.05, 0.1) is 17.7 Å². The summed E-state index contributed by atoms with van der Waals surface area (Å²) in [5.74, 6) is -0.175. The van der Waals surface area contributed by atoms with E-state index in [9.17, 15) is 4.79 Å². The minimum absolute atomic E-state index is 0.175. The van der Waals surface area contributed by atoms with Crippen LogP contribution in [0.5, 0.6) is 0 Å². The Kier molecular flexibility index (Phi) is 5.99. The monoisotopic (exact) mass is 334 g/mol. The lowest BCUT2D eigenvalue weighted by Crippen LogP contribution is -2.19. The molecule has 0 unspecified atom stereocenters. The normalized spacial score (nSPS) is 10.9. The van der Waals surface area contributed by atoms with Crippen molar-refractivity contribution in [2.24, 2.45) is 5.10 Å². The largest absolute Gasteiger partial charge is 0.273 e. The molecule has 5 heteroatoms. The molecular formula is C17H16Cl2N2O. The van der Waals surface area contributed by atoms with Crippen LogP contribution in [0, 0.1) is 0 Å². The third kappa shape index (κ3) is 4.86. The fraction of sp³-hybridized carbons (Fsp3) is 0.176. The van der Waals surface area contributed by atoms with Gasteiger partial charge in [0.1, 0.15) is 0 Å². The lowest BCUT2D eigenvalue weighted by molar-refractivity contribution is -0.120. The third-order valence-electron chi connectivity index (χ3n) is 3.15. The molecular weight excluding hydrogens is 319 g/mol.